The molecule has 107 valence electrons. The Balaban J connectivity index is 2.02. The standard InChI is InChI=1S/C13H14BN4O3/c15-6-11-5-12(17-8-16-11)21-7-9-2-1-3-10(4-9)13(19)18-14-20/h1-5,8,20H,6-7,15H2,(H,18,19). The minimum atomic E-state index is -0.396. The lowest BCUT2D eigenvalue weighted by Crippen LogP contribution is -2.27. The summed E-state index contributed by atoms with van der Waals surface area (Å²) in [6.07, 6.45) is 1.39. The van der Waals surface area contributed by atoms with Crippen LogP contribution in [0.5, 0.6) is 5.88 Å². The summed E-state index contributed by atoms with van der Waals surface area (Å²) in [7, 11) is 0.598. The molecular formula is C13H14BN4O3. The first kappa shape index (κ1) is 15.0. The molecule has 21 heavy (non-hydrogen) atoms. The molecule has 1 radical (unpaired) electrons. The molecule has 0 saturated carbocycles. The van der Waals surface area contributed by atoms with Crippen LogP contribution in [0.2, 0.25) is 0 Å². The van der Waals surface area contributed by atoms with Crippen LogP contribution in [0, 0.1) is 0 Å². The number of ether oxygens (including phenoxy) is 1. The van der Waals surface area contributed by atoms with Crippen molar-refractivity contribution in [3.8, 4) is 5.88 Å². The minimum Gasteiger partial charge on any atom is -0.473 e. The zero-order valence-corrected chi connectivity index (χ0v) is 11.2. The highest BCUT2D eigenvalue weighted by molar-refractivity contribution is 6.29. The zero-order valence-electron chi connectivity index (χ0n) is 11.2. The van der Waals surface area contributed by atoms with Gasteiger partial charge in [-0.2, -0.15) is 0 Å². The molecule has 0 saturated heterocycles. The predicted molar refractivity (Wildman–Crippen MR) is 76.1 cm³/mol. The second-order valence-electron chi connectivity index (χ2n) is 4.14. The summed E-state index contributed by atoms with van der Waals surface area (Å²) < 4.78 is 5.53. The van der Waals surface area contributed by atoms with Crippen molar-refractivity contribution in [3.63, 3.8) is 0 Å². The largest absolute Gasteiger partial charge is 0.473 e. The van der Waals surface area contributed by atoms with Gasteiger partial charge in [-0.25, -0.2) is 9.97 Å². The third kappa shape index (κ3) is 4.27. The third-order valence-corrected chi connectivity index (χ3v) is 2.68. The summed E-state index contributed by atoms with van der Waals surface area (Å²) in [5.74, 6) is 0.0239. The van der Waals surface area contributed by atoms with E-state index in [2.05, 4.69) is 15.2 Å². The molecule has 0 aliphatic rings. The van der Waals surface area contributed by atoms with Gasteiger partial charge in [-0.1, -0.05) is 12.1 Å². The molecule has 0 fully saturated rings. The first-order valence-electron chi connectivity index (χ1n) is 6.22. The quantitative estimate of drug-likeness (QED) is 0.632. The lowest BCUT2D eigenvalue weighted by Gasteiger charge is -2.07. The molecular weight excluding hydrogens is 271 g/mol. The first-order valence-corrected chi connectivity index (χ1v) is 6.22. The van der Waals surface area contributed by atoms with Crippen LogP contribution in [0.1, 0.15) is 21.6 Å². The summed E-state index contributed by atoms with van der Waals surface area (Å²) >= 11 is 0. The Morgan fingerprint density at radius 1 is 1.38 bits per heavy atom. The Kier molecular flexibility index (Phi) is 5.25. The van der Waals surface area contributed by atoms with Gasteiger partial charge in [-0.3, -0.25) is 4.79 Å². The highest BCUT2D eigenvalue weighted by Gasteiger charge is 2.06. The Morgan fingerprint density at radius 3 is 3.00 bits per heavy atom. The average molecular weight is 285 g/mol. The maximum Gasteiger partial charge on any atom is 0.435 e. The number of aromatic nitrogens is 2. The van der Waals surface area contributed by atoms with Gasteiger partial charge in [0.25, 0.3) is 0 Å². The van der Waals surface area contributed by atoms with Crippen LogP contribution in [0.3, 0.4) is 0 Å². The number of nitrogens with zero attached hydrogens (tertiary/aromatic N) is 2. The molecule has 0 bridgehead atoms. The number of benzene rings is 1. The van der Waals surface area contributed by atoms with Crippen molar-refractivity contribution in [2.75, 3.05) is 0 Å². The summed E-state index contributed by atoms with van der Waals surface area (Å²) in [5, 5.41) is 10.8. The van der Waals surface area contributed by atoms with E-state index in [9.17, 15) is 4.79 Å². The normalized spacial score (nSPS) is 10.0. The van der Waals surface area contributed by atoms with Crippen LogP contribution >= 0.6 is 0 Å². The third-order valence-electron chi connectivity index (χ3n) is 2.68. The Bertz CT molecular complexity index is 624. The number of hydrogen-bond acceptors (Lipinski definition) is 6. The van der Waals surface area contributed by atoms with Crippen molar-refractivity contribution in [2.45, 2.75) is 13.2 Å². The van der Waals surface area contributed by atoms with Gasteiger partial charge in [0.15, 0.2) is 0 Å². The van der Waals surface area contributed by atoms with E-state index in [4.69, 9.17) is 15.5 Å². The molecule has 0 atom stereocenters. The summed E-state index contributed by atoms with van der Waals surface area (Å²) in [6, 6.07) is 8.53. The van der Waals surface area contributed by atoms with Crippen LogP contribution in [-0.4, -0.2) is 28.5 Å². The number of amides is 1. The fourth-order valence-electron chi connectivity index (χ4n) is 1.67. The fourth-order valence-corrected chi connectivity index (χ4v) is 1.67. The monoisotopic (exact) mass is 285 g/mol. The predicted octanol–water partition coefficient (Wildman–Crippen LogP) is -0.229. The van der Waals surface area contributed by atoms with E-state index in [1.54, 1.807) is 24.3 Å². The molecule has 0 unspecified atom stereocenters. The van der Waals surface area contributed by atoms with Gasteiger partial charge in [0.05, 0.1) is 5.69 Å². The smallest absolute Gasteiger partial charge is 0.435 e. The van der Waals surface area contributed by atoms with Crippen LogP contribution in [0.25, 0.3) is 0 Å². The van der Waals surface area contributed by atoms with Gasteiger partial charge in [0.2, 0.25) is 11.8 Å². The highest BCUT2D eigenvalue weighted by Crippen LogP contribution is 2.11. The van der Waals surface area contributed by atoms with Crippen molar-refractivity contribution in [3.05, 3.63) is 53.5 Å². The molecule has 8 heteroatoms. The van der Waals surface area contributed by atoms with Gasteiger partial charge < -0.3 is 20.7 Å². The highest BCUT2D eigenvalue weighted by atomic mass is 16.5. The van der Waals surface area contributed by atoms with Crippen LogP contribution < -0.4 is 15.7 Å². The van der Waals surface area contributed by atoms with E-state index in [0.717, 1.165) is 5.56 Å². The van der Waals surface area contributed by atoms with Crippen LogP contribution in [-0.2, 0) is 13.2 Å². The van der Waals surface area contributed by atoms with Gasteiger partial charge in [0.1, 0.15) is 12.9 Å². The Morgan fingerprint density at radius 2 is 2.24 bits per heavy atom. The molecule has 1 amide bonds. The molecule has 4 N–H and O–H groups in total. The van der Waals surface area contributed by atoms with E-state index < -0.39 is 5.91 Å². The van der Waals surface area contributed by atoms with Crippen molar-refractivity contribution < 1.29 is 14.6 Å². The second-order valence-corrected chi connectivity index (χ2v) is 4.14. The molecule has 1 aromatic heterocycles. The number of carbonyl (C=O) groups excluding carboxylic acids is 1. The number of carbonyl (C=O) groups is 1. The topological polar surface area (TPSA) is 110 Å². The van der Waals surface area contributed by atoms with E-state index in [-0.39, 0.29) is 6.61 Å². The lowest BCUT2D eigenvalue weighted by atomic mass is 10.1. The van der Waals surface area contributed by atoms with E-state index in [1.807, 2.05) is 6.07 Å². The molecule has 7 nitrogen and oxygen atoms in total. The van der Waals surface area contributed by atoms with Crippen LogP contribution in [0.15, 0.2) is 36.7 Å². The van der Waals surface area contributed by atoms with Crippen molar-refractivity contribution in [1.29, 1.82) is 0 Å². The van der Waals surface area contributed by atoms with Crippen molar-refractivity contribution in [1.82, 2.24) is 15.2 Å². The summed E-state index contributed by atoms with van der Waals surface area (Å²) in [4.78, 5) is 19.5. The Labute approximate surface area is 122 Å². The van der Waals surface area contributed by atoms with E-state index in [1.165, 1.54) is 6.33 Å². The first-order chi connectivity index (χ1) is 10.2. The molecule has 0 aliphatic carbocycles. The van der Waals surface area contributed by atoms with E-state index >= 15 is 0 Å². The SMILES string of the molecule is NCc1cc(OCc2cccc(C(=O)N[B]O)c2)ncn1. The van der Waals surface area contributed by atoms with Gasteiger partial charge in [0, 0.05) is 18.2 Å². The minimum absolute atomic E-state index is 0.255. The molecule has 1 aromatic carbocycles. The van der Waals surface area contributed by atoms with E-state index in [0.29, 0.717) is 31.3 Å². The number of hydrogen-bond donors (Lipinski definition) is 3. The molecule has 0 spiro atoms. The zero-order chi connectivity index (χ0) is 15.1. The summed E-state index contributed by atoms with van der Waals surface area (Å²) in [5.41, 5.74) is 7.40. The molecule has 2 aromatic rings. The molecule has 0 aliphatic heterocycles. The average Bonchev–Trinajstić information content (AvgIpc) is 2.53. The fraction of sp³-hybridized carbons (Fsp3) is 0.154. The van der Waals surface area contributed by atoms with Gasteiger partial charge in [-0.05, 0) is 17.7 Å². The van der Waals surface area contributed by atoms with Crippen LogP contribution in [0.4, 0.5) is 0 Å². The number of nitrogens with two attached hydrogens (primary N) is 1. The maximum atomic E-state index is 11.6. The molecule has 2 rings (SSSR count). The molecule has 1 heterocycles. The number of nitrogens with one attached hydrogen (secondary N) is 1. The number of rotatable bonds is 6. The maximum absolute atomic E-state index is 11.6. The Hall–Kier alpha value is -2.45. The lowest BCUT2D eigenvalue weighted by molar-refractivity contribution is 0.0977. The van der Waals surface area contributed by atoms with Gasteiger partial charge >= 0.3 is 7.62 Å². The van der Waals surface area contributed by atoms with Gasteiger partial charge in [-0.15, -0.1) is 0 Å². The summed E-state index contributed by atoms with van der Waals surface area (Å²) in [6.45, 7) is 0.567. The second kappa shape index (κ2) is 7.37. The van der Waals surface area contributed by atoms with Crippen molar-refractivity contribution in [2.24, 2.45) is 5.73 Å². The van der Waals surface area contributed by atoms with Crippen molar-refractivity contribution >= 4 is 13.5 Å².